The number of hydrogen-bond donors (Lipinski definition) is 0. The Balaban J connectivity index is 1.56. The zero-order chi connectivity index (χ0) is 28.8. The van der Waals surface area contributed by atoms with Crippen LogP contribution in [0.4, 0.5) is 30.9 Å². The van der Waals surface area contributed by atoms with Crippen molar-refractivity contribution in [1.29, 1.82) is 0 Å². The van der Waals surface area contributed by atoms with Crippen molar-refractivity contribution < 1.29 is 49.9 Å². The van der Waals surface area contributed by atoms with Crippen molar-refractivity contribution >= 4 is 19.0 Å². The zero-order valence-electron chi connectivity index (χ0n) is 21.9. The van der Waals surface area contributed by atoms with Crippen LogP contribution in [0, 0.1) is 5.92 Å². The quantitative estimate of drug-likeness (QED) is 0.314. The molecule has 0 aromatic heterocycles. The van der Waals surface area contributed by atoms with Crippen molar-refractivity contribution in [2.45, 2.75) is 81.3 Å². The lowest BCUT2D eigenvalue weighted by atomic mass is 9.62. The second kappa shape index (κ2) is 10.7. The Kier molecular flexibility index (Phi) is 8.08. The summed E-state index contributed by atoms with van der Waals surface area (Å²) in [5, 5.41) is -1.60. The molecular weight excluding hydrogens is 533 g/mol. The molecule has 0 spiro atoms. The second-order valence-electron chi connectivity index (χ2n) is 10.8. The van der Waals surface area contributed by atoms with Gasteiger partial charge in [0.05, 0.1) is 39.0 Å². The van der Waals surface area contributed by atoms with Gasteiger partial charge in [0, 0.05) is 12.6 Å². The molecule has 1 aromatic rings. The van der Waals surface area contributed by atoms with Crippen molar-refractivity contribution in [3.8, 4) is 5.75 Å². The largest absolute Gasteiger partial charge is 0.497 e. The molecule has 14 heteroatoms. The molecule has 0 N–H and O–H groups in total. The third-order valence-corrected chi connectivity index (χ3v) is 8.57. The summed E-state index contributed by atoms with van der Waals surface area (Å²) in [4.78, 5) is 27.3. The summed E-state index contributed by atoms with van der Waals surface area (Å²) in [7, 11) is 2.59. The molecule has 6 atom stereocenters. The molecule has 3 unspecified atom stereocenters. The normalized spacial score (nSPS) is 30.5. The van der Waals surface area contributed by atoms with E-state index in [1.165, 1.54) is 12.0 Å². The van der Waals surface area contributed by atoms with Gasteiger partial charge >= 0.3 is 25.2 Å². The average molecular weight is 565 g/mol. The summed E-state index contributed by atoms with van der Waals surface area (Å²) in [6, 6.07) is 3.58. The van der Waals surface area contributed by atoms with Gasteiger partial charge in [-0.15, -0.1) is 0 Å². The van der Waals surface area contributed by atoms with Gasteiger partial charge in [0.25, 0.3) is 0 Å². The zero-order valence-corrected chi connectivity index (χ0v) is 21.9. The van der Waals surface area contributed by atoms with Gasteiger partial charge in [-0.3, -0.25) is 9.69 Å². The SMILES string of the molecule is COC(=O)N1[C@H](C)C[C@H](N(Cc2ccc(OC)cc2)C(=O)C(F)(F)F)[C@@H]1COC1CCC2([B-](F)(F)F)CC2C1. The predicted molar refractivity (Wildman–Crippen MR) is 129 cm³/mol. The molecule has 2 aliphatic carbocycles. The third kappa shape index (κ3) is 5.80. The highest BCUT2D eigenvalue weighted by Gasteiger charge is 2.66. The monoisotopic (exact) mass is 565 g/mol. The summed E-state index contributed by atoms with van der Waals surface area (Å²) in [6.45, 7) is -3.95. The van der Waals surface area contributed by atoms with E-state index in [1.54, 1.807) is 31.2 Å². The molecule has 1 saturated heterocycles. The number of methoxy groups -OCH3 is 2. The van der Waals surface area contributed by atoms with Gasteiger partial charge in [-0.25, -0.2) is 4.79 Å². The molecule has 1 heterocycles. The number of halogens is 6. The van der Waals surface area contributed by atoms with Crippen LogP contribution in [0.15, 0.2) is 24.3 Å². The number of amides is 2. The number of carbonyl (C=O) groups excluding carboxylic acids is 2. The Morgan fingerprint density at radius 2 is 1.79 bits per heavy atom. The first-order chi connectivity index (χ1) is 18.2. The lowest BCUT2D eigenvalue weighted by Crippen LogP contribution is -2.54. The predicted octanol–water partition coefficient (Wildman–Crippen LogP) is 5.36. The fourth-order valence-corrected chi connectivity index (χ4v) is 6.35. The molecule has 3 aliphatic rings. The second-order valence-corrected chi connectivity index (χ2v) is 10.8. The Hall–Kier alpha value is -2.64. The fraction of sp³-hybridized carbons (Fsp3) is 0.680. The Bertz CT molecular complexity index is 1050. The molecule has 2 amide bonds. The number of ether oxygens (including phenoxy) is 3. The van der Waals surface area contributed by atoms with Crippen LogP contribution in [0.1, 0.15) is 44.6 Å². The molecule has 7 nitrogen and oxygen atoms in total. The van der Waals surface area contributed by atoms with Crippen molar-refractivity contribution in [2.24, 2.45) is 5.92 Å². The van der Waals surface area contributed by atoms with Gasteiger partial charge < -0.3 is 32.1 Å². The number of alkyl halides is 3. The number of hydrogen-bond acceptors (Lipinski definition) is 5. The van der Waals surface area contributed by atoms with Crippen LogP contribution >= 0.6 is 0 Å². The van der Waals surface area contributed by atoms with Crippen molar-refractivity contribution in [2.75, 3.05) is 20.8 Å². The van der Waals surface area contributed by atoms with E-state index in [2.05, 4.69) is 0 Å². The van der Waals surface area contributed by atoms with Crippen molar-refractivity contribution in [3.05, 3.63) is 29.8 Å². The van der Waals surface area contributed by atoms with E-state index in [4.69, 9.17) is 14.2 Å². The highest BCUT2D eigenvalue weighted by atomic mass is 19.4. The summed E-state index contributed by atoms with van der Waals surface area (Å²) >= 11 is 0. The number of rotatable bonds is 8. The maximum absolute atomic E-state index is 13.7. The lowest BCUT2D eigenvalue weighted by molar-refractivity contribution is -0.189. The van der Waals surface area contributed by atoms with Crippen LogP contribution in [0.25, 0.3) is 0 Å². The van der Waals surface area contributed by atoms with Gasteiger partial charge in [-0.05, 0) is 43.9 Å². The first kappa shape index (κ1) is 29.4. The molecule has 4 rings (SSSR count). The molecule has 39 heavy (non-hydrogen) atoms. The molecule has 3 fully saturated rings. The Morgan fingerprint density at radius 3 is 2.33 bits per heavy atom. The van der Waals surface area contributed by atoms with Crippen LogP contribution in [-0.2, 0) is 20.8 Å². The number of benzene rings is 1. The minimum Gasteiger partial charge on any atom is -0.497 e. The maximum atomic E-state index is 13.7. The van der Waals surface area contributed by atoms with Crippen LogP contribution < -0.4 is 4.74 Å². The number of fused-ring (bicyclic) bond motifs is 1. The van der Waals surface area contributed by atoms with E-state index in [0.717, 1.165) is 7.11 Å². The van der Waals surface area contributed by atoms with Gasteiger partial charge in [-0.1, -0.05) is 36.2 Å². The van der Waals surface area contributed by atoms with E-state index in [-0.39, 0.29) is 45.3 Å². The third-order valence-electron chi connectivity index (χ3n) is 8.57. The smallest absolute Gasteiger partial charge is 0.484 e. The van der Waals surface area contributed by atoms with Gasteiger partial charge in [0.2, 0.25) is 0 Å². The summed E-state index contributed by atoms with van der Waals surface area (Å²) in [5.74, 6) is -2.09. The van der Waals surface area contributed by atoms with Crippen LogP contribution in [0.5, 0.6) is 5.75 Å². The first-order valence-electron chi connectivity index (χ1n) is 12.9. The highest BCUT2D eigenvalue weighted by molar-refractivity contribution is 6.63. The Morgan fingerprint density at radius 1 is 1.13 bits per heavy atom. The van der Waals surface area contributed by atoms with Gasteiger partial charge in [-0.2, -0.15) is 13.2 Å². The van der Waals surface area contributed by atoms with Crippen LogP contribution in [0.3, 0.4) is 0 Å². The fourth-order valence-electron chi connectivity index (χ4n) is 6.35. The first-order valence-corrected chi connectivity index (χ1v) is 12.9. The van der Waals surface area contributed by atoms with Gasteiger partial charge in [0.1, 0.15) is 5.75 Å². The molecule has 1 aliphatic heterocycles. The number of likely N-dealkylation sites (tertiary alicyclic amines) is 1. The average Bonchev–Trinajstić information content (AvgIpc) is 3.55. The number of nitrogens with zero attached hydrogens (tertiary/aromatic N) is 2. The molecule has 0 bridgehead atoms. The molecule has 0 radical (unpaired) electrons. The summed E-state index contributed by atoms with van der Waals surface area (Å²) in [5.41, 5.74) is 0.420. The molecule has 2 saturated carbocycles. The van der Waals surface area contributed by atoms with Crippen LogP contribution in [-0.4, -0.2) is 80.0 Å². The molecule has 218 valence electrons. The standard InChI is InChI=1S/C25H32BF6N2O5/c1-15-10-20(33(22(35)25(27,28)29)13-16-4-6-18(37-2)7-5-16)21(34(15)23(36)38-3)14-39-19-8-9-24(26(30,31)32)12-17(24)11-19/h4-7,15,17,19-21H,8-14H2,1-3H3/q-1/t15-,17?,19?,20+,21+,24?/m1/s1. The Labute approximate surface area is 222 Å². The minimum absolute atomic E-state index is 0.0358. The lowest BCUT2D eigenvalue weighted by Gasteiger charge is -2.38. The van der Waals surface area contributed by atoms with E-state index in [9.17, 15) is 35.7 Å². The highest BCUT2D eigenvalue weighted by Crippen LogP contribution is 2.73. The maximum Gasteiger partial charge on any atom is 0.484 e. The molecule has 1 aromatic carbocycles. The van der Waals surface area contributed by atoms with E-state index in [1.807, 2.05) is 0 Å². The van der Waals surface area contributed by atoms with E-state index >= 15 is 0 Å². The van der Waals surface area contributed by atoms with Crippen LogP contribution in [0.2, 0.25) is 5.31 Å². The summed E-state index contributed by atoms with van der Waals surface area (Å²) < 4.78 is 97.7. The topological polar surface area (TPSA) is 68.3 Å². The van der Waals surface area contributed by atoms with Crippen molar-refractivity contribution in [3.63, 3.8) is 0 Å². The number of carbonyl (C=O) groups is 2. The van der Waals surface area contributed by atoms with Crippen molar-refractivity contribution in [1.82, 2.24) is 9.80 Å². The van der Waals surface area contributed by atoms with Gasteiger partial charge in [0.15, 0.2) is 0 Å². The minimum atomic E-state index is -5.17. The summed E-state index contributed by atoms with van der Waals surface area (Å²) in [6.07, 6.45) is -6.05. The molecular formula is C25H32BF6N2O5-. The van der Waals surface area contributed by atoms with E-state index < -0.39 is 60.6 Å². The van der Waals surface area contributed by atoms with E-state index in [0.29, 0.717) is 16.2 Å².